The molecule has 0 unspecified atom stereocenters. The molecule has 4 heteroatoms. The lowest BCUT2D eigenvalue weighted by atomic mass is 9.77. The number of nitrogens with zero attached hydrogens (tertiary/aromatic N) is 3. The number of pyridine rings is 1. The zero-order valence-electron chi connectivity index (χ0n) is 16.6. The van der Waals surface area contributed by atoms with Crippen LogP contribution >= 0.6 is 0 Å². The Balaban J connectivity index is 1.95. The average molecular weight is 391 g/mol. The molecule has 5 rings (SSSR count). The number of methoxy groups -OCH3 is 1. The molecule has 0 N–H and O–H groups in total. The Labute approximate surface area is 175 Å². The smallest absolute Gasteiger partial charge is 0.139 e. The van der Waals surface area contributed by atoms with E-state index in [-0.39, 0.29) is 0 Å². The van der Waals surface area contributed by atoms with Crippen molar-refractivity contribution in [2.24, 2.45) is 0 Å². The third kappa shape index (κ3) is 2.77. The summed E-state index contributed by atoms with van der Waals surface area (Å²) in [6.45, 7) is 0. The molecule has 0 aliphatic rings. The Kier molecular flexibility index (Phi) is 4.52. The Morgan fingerprint density at radius 2 is 1.20 bits per heavy atom. The highest BCUT2D eigenvalue weighted by atomic mass is 16.5. The van der Waals surface area contributed by atoms with Gasteiger partial charge in [-0.05, 0) is 16.7 Å². The van der Waals surface area contributed by atoms with Gasteiger partial charge in [-0.1, -0.05) is 91.0 Å². The molecule has 5 aromatic rings. The summed E-state index contributed by atoms with van der Waals surface area (Å²) >= 11 is 0. The molecule has 2 heterocycles. The predicted molar refractivity (Wildman–Crippen MR) is 119 cm³/mol. The van der Waals surface area contributed by atoms with Crippen molar-refractivity contribution in [1.29, 1.82) is 0 Å². The Morgan fingerprint density at radius 3 is 1.67 bits per heavy atom. The highest BCUT2D eigenvalue weighted by molar-refractivity contribution is 5.77. The SMILES string of the molecule is COc1cnc2cnn(C(c3ccccc3)(c3ccccc3)c3ccccc3)c2c1. The van der Waals surface area contributed by atoms with E-state index in [0.29, 0.717) is 5.75 Å². The number of ether oxygens (including phenoxy) is 1. The van der Waals surface area contributed by atoms with Crippen LogP contribution in [-0.2, 0) is 5.54 Å². The highest BCUT2D eigenvalue weighted by Crippen LogP contribution is 2.42. The summed E-state index contributed by atoms with van der Waals surface area (Å²) in [7, 11) is 1.66. The monoisotopic (exact) mass is 391 g/mol. The fraction of sp³-hybridized carbons (Fsp3) is 0.0769. The molecule has 0 aliphatic heterocycles. The molecule has 146 valence electrons. The second-order valence-electron chi connectivity index (χ2n) is 7.14. The summed E-state index contributed by atoms with van der Waals surface area (Å²) < 4.78 is 7.54. The molecule has 0 saturated carbocycles. The maximum absolute atomic E-state index is 5.47. The van der Waals surface area contributed by atoms with Gasteiger partial charge in [-0.2, -0.15) is 5.10 Å². The summed E-state index contributed by atoms with van der Waals surface area (Å²) in [5.74, 6) is 0.701. The van der Waals surface area contributed by atoms with E-state index >= 15 is 0 Å². The van der Waals surface area contributed by atoms with Gasteiger partial charge in [-0.3, -0.25) is 0 Å². The summed E-state index contributed by atoms with van der Waals surface area (Å²) in [6.07, 6.45) is 3.54. The lowest BCUT2D eigenvalue weighted by Gasteiger charge is -2.36. The molecular formula is C26H21N3O. The largest absolute Gasteiger partial charge is 0.495 e. The molecule has 3 aromatic carbocycles. The van der Waals surface area contributed by atoms with Gasteiger partial charge in [0.15, 0.2) is 0 Å². The first-order valence-electron chi connectivity index (χ1n) is 9.89. The van der Waals surface area contributed by atoms with Crippen LogP contribution in [0.3, 0.4) is 0 Å². The van der Waals surface area contributed by atoms with Gasteiger partial charge in [-0.15, -0.1) is 0 Å². The normalized spacial score (nSPS) is 11.5. The maximum atomic E-state index is 5.47. The van der Waals surface area contributed by atoms with Gasteiger partial charge < -0.3 is 4.74 Å². The molecule has 0 bridgehead atoms. The molecule has 0 amide bonds. The van der Waals surface area contributed by atoms with E-state index in [0.717, 1.165) is 27.7 Å². The van der Waals surface area contributed by atoms with Crippen molar-refractivity contribution in [3.8, 4) is 5.75 Å². The van der Waals surface area contributed by atoms with Crippen LogP contribution in [0.2, 0.25) is 0 Å². The molecule has 0 aliphatic carbocycles. The molecule has 0 radical (unpaired) electrons. The summed E-state index contributed by atoms with van der Waals surface area (Å²) in [4.78, 5) is 4.56. The van der Waals surface area contributed by atoms with Crippen molar-refractivity contribution < 1.29 is 4.74 Å². The van der Waals surface area contributed by atoms with Crippen molar-refractivity contribution in [1.82, 2.24) is 14.8 Å². The fourth-order valence-electron chi connectivity index (χ4n) is 4.17. The number of hydrogen-bond acceptors (Lipinski definition) is 3. The topological polar surface area (TPSA) is 39.9 Å². The molecule has 0 saturated heterocycles. The quantitative estimate of drug-likeness (QED) is 0.383. The predicted octanol–water partition coefficient (Wildman–Crippen LogP) is 5.28. The zero-order chi connectivity index (χ0) is 20.4. The first-order chi connectivity index (χ1) is 14.8. The minimum Gasteiger partial charge on any atom is -0.495 e. The van der Waals surface area contributed by atoms with Crippen molar-refractivity contribution in [2.45, 2.75) is 5.54 Å². The van der Waals surface area contributed by atoms with Crippen LogP contribution in [0.5, 0.6) is 5.75 Å². The molecule has 0 atom stereocenters. The molecule has 0 fully saturated rings. The van der Waals surface area contributed by atoms with Gasteiger partial charge in [-0.25, -0.2) is 9.67 Å². The van der Waals surface area contributed by atoms with Crippen LogP contribution in [0.25, 0.3) is 11.0 Å². The van der Waals surface area contributed by atoms with Crippen LogP contribution in [0.1, 0.15) is 16.7 Å². The molecule has 30 heavy (non-hydrogen) atoms. The van der Waals surface area contributed by atoms with E-state index in [1.54, 1.807) is 13.3 Å². The molecule has 4 nitrogen and oxygen atoms in total. The lowest BCUT2D eigenvalue weighted by molar-refractivity contribution is 0.412. The fourth-order valence-corrected chi connectivity index (χ4v) is 4.17. The van der Waals surface area contributed by atoms with Crippen molar-refractivity contribution >= 4 is 11.0 Å². The van der Waals surface area contributed by atoms with Gasteiger partial charge >= 0.3 is 0 Å². The molecular weight excluding hydrogens is 370 g/mol. The summed E-state index contributed by atoms with van der Waals surface area (Å²) in [5, 5.41) is 4.87. The second kappa shape index (κ2) is 7.48. The Bertz CT molecular complexity index is 1170. The lowest BCUT2D eigenvalue weighted by Crippen LogP contribution is -2.38. The summed E-state index contributed by atoms with van der Waals surface area (Å²) in [5.41, 5.74) is 4.43. The number of benzene rings is 3. The van der Waals surface area contributed by atoms with Gasteiger partial charge in [0.05, 0.1) is 25.0 Å². The van der Waals surface area contributed by atoms with E-state index < -0.39 is 5.54 Å². The Morgan fingerprint density at radius 1 is 0.700 bits per heavy atom. The standard InChI is InChI=1S/C26H21N3O/c1-30-23-17-25-24(27-18-23)19-28-29(25)26(20-11-5-2-6-12-20,21-13-7-3-8-14-21)22-15-9-4-10-16-22/h2-19H,1H3. The molecule has 2 aromatic heterocycles. The highest BCUT2D eigenvalue weighted by Gasteiger charge is 2.40. The number of fused-ring (bicyclic) bond motifs is 1. The zero-order valence-corrected chi connectivity index (χ0v) is 16.6. The van der Waals surface area contributed by atoms with Crippen LogP contribution in [0.15, 0.2) is 109 Å². The number of aromatic nitrogens is 3. The Hall–Kier alpha value is -3.92. The third-order valence-corrected chi connectivity index (χ3v) is 5.52. The van der Waals surface area contributed by atoms with Crippen LogP contribution in [0.4, 0.5) is 0 Å². The van der Waals surface area contributed by atoms with Crippen LogP contribution in [-0.4, -0.2) is 21.9 Å². The van der Waals surface area contributed by atoms with Gasteiger partial charge in [0.25, 0.3) is 0 Å². The van der Waals surface area contributed by atoms with Crippen LogP contribution < -0.4 is 4.74 Å². The second-order valence-corrected chi connectivity index (χ2v) is 7.14. The maximum Gasteiger partial charge on any atom is 0.139 e. The number of hydrogen-bond donors (Lipinski definition) is 0. The van der Waals surface area contributed by atoms with E-state index in [1.165, 1.54) is 0 Å². The minimum atomic E-state index is -0.667. The van der Waals surface area contributed by atoms with E-state index in [1.807, 2.05) is 30.5 Å². The average Bonchev–Trinajstić information content (AvgIpc) is 3.25. The van der Waals surface area contributed by atoms with E-state index in [9.17, 15) is 0 Å². The van der Waals surface area contributed by atoms with Crippen LogP contribution in [0, 0.1) is 0 Å². The van der Waals surface area contributed by atoms with Gasteiger partial charge in [0, 0.05) is 6.07 Å². The summed E-state index contributed by atoms with van der Waals surface area (Å²) in [6, 6.07) is 33.5. The van der Waals surface area contributed by atoms with Crippen molar-refractivity contribution in [2.75, 3.05) is 7.11 Å². The van der Waals surface area contributed by atoms with E-state index in [4.69, 9.17) is 9.84 Å². The van der Waals surface area contributed by atoms with Crippen molar-refractivity contribution in [3.05, 3.63) is 126 Å². The molecule has 0 spiro atoms. The van der Waals surface area contributed by atoms with E-state index in [2.05, 4.69) is 82.5 Å². The third-order valence-electron chi connectivity index (χ3n) is 5.52. The van der Waals surface area contributed by atoms with Gasteiger partial charge in [0.2, 0.25) is 0 Å². The first kappa shape index (κ1) is 18.1. The van der Waals surface area contributed by atoms with Gasteiger partial charge in [0.1, 0.15) is 16.8 Å². The minimum absolute atomic E-state index is 0.667. The number of rotatable bonds is 5. The van der Waals surface area contributed by atoms with Crippen molar-refractivity contribution in [3.63, 3.8) is 0 Å². The first-order valence-corrected chi connectivity index (χ1v) is 9.89.